The summed E-state index contributed by atoms with van der Waals surface area (Å²) < 4.78 is 2.52. The van der Waals surface area contributed by atoms with Gasteiger partial charge < -0.3 is 5.32 Å². The van der Waals surface area contributed by atoms with Gasteiger partial charge in [0.2, 0.25) is 0 Å². The van der Waals surface area contributed by atoms with E-state index in [2.05, 4.69) is 72.4 Å². The molecule has 1 unspecified atom stereocenters. The lowest BCUT2D eigenvalue weighted by molar-refractivity contribution is 0.152. The summed E-state index contributed by atoms with van der Waals surface area (Å²) in [6.45, 7) is 5.27. The molecular weight excluding hydrogens is 404 g/mol. The fourth-order valence-electron chi connectivity index (χ4n) is 3.85. The first-order chi connectivity index (χ1) is 13.1. The van der Waals surface area contributed by atoms with Gasteiger partial charge in [0, 0.05) is 26.2 Å². The lowest BCUT2D eigenvalue weighted by Crippen LogP contribution is -2.37. The minimum absolute atomic E-state index is 0.660. The van der Waals surface area contributed by atoms with Crippen LogP contribution in [0, 0.1) is 0 Å². The largest absolute Gasteiger partial charge is 0.365 e. The van der Waals surface area contributed by atoms with Gasteiger partial charge in [0.1, 0.15) is 16.7 Å². The van der Waals surface area contributed by atoms with Crippen LogP contribution in [0.15, 0.2) is 35.2 Å². The van der Waals surface area contributed by atoms with Crippen molar-refractivity contribution in [2.45, 2.75) is 45.3 Å². The second kappa shape index (κ2) is 7.94. The zero-order chi connectivity index (χ0) is 18.8. The molecule has 0 radical (unpaired) electrons. The van der Waals surface area contributed by atoms with Crippen molar-refractivity contribution >= 4 is 32.8 Å². The van der Waals surface area contributed by atoms with Crippen molar-refractivity contribution in [1.29, 1.82) is 0 Å². The summed E-state index contributed by atoms with van der Waals surface area (Å²) in [6.07, 6.45) is 5.54. The minimum atomic E-state index is 0.660. The van der Waals surface area contributed by atoms with Gasteiger partial charge in [-0.25, -0.2) is 14.6 Å². The predicted molar refractivity (Wildman–Crippen MR) is 111 cm³/mol. The van der Waals surface area contributed by atoms with Crippen molar-refractivity contribution in [2.75, 3.05) is 11.9 Å². The van der Waals surface area contributed by atoms with Crippen molar-refractivity contribution in [3.05, 3.63) is 46.3 Å². The highest BCUT2D eigenvalue weighted by Gasteiger charge is 2.19. The molecule has 7 heteroatoms. The zero-order valence-corrected chi connectivity index (χ0v) is 17.4. The van der Waals surface area contributed by atoms with Crippen LogP contribution in [-0.2, 0) is 20.1 Å². The predicted octanol–water partition coefficient (Wildman–Crippen LogP) is 4.11. The van der Waals surface area contributed by atoms with Gasteiger partial charge in [0.15, 0.2) is 5.65 Å². The normalized spacial score (nSPS) is 18.1. The number of fused-ring (bicyclic) bond motifs is 1. The molecule has 2 aromatic heterocycles. The Hall–Kier alpha value is -1.99. The molecule has 0 spiro atoms. The molecule has 0 bridgehead atoms. The molecule has 0 aliphatic carbocycles. The number of hydrogen-bond acceptors (Lipinski definition) is 5. The van der Waals surface area contributed by atoms with Gasteiger partial charge in [-0.3, -0.25) is 4.90 Å². The third-order valence-corrected chi connectivity index (χ3v) is 6.01. The van der Waals surface area contributed by atoms with Crippen molar-refractivity contribution in [3.8, 4) is 0 Å². The van der Waals surface area contributed by atoms with Gasteiger partial charge in [0.25, 0.3) is 0 Å². The Morgan fingerprint density at radius 2 is 2.00 bits per heavy atom. The second-order valence-corrected chi connectivity index (χ2v) is 8.02. The average molecular weight is 429 g/mol. The minimum Gasteiger partial charge on any atom is -0.365 e. The van der Waals surface area contributed by atoms with Crippen molar-refractivity contribution in [2.24, 2.45) is 7.05 Å². The molecule has 4 rings (SSSR count). The first kappa shape index (κ1) is 18.4. The first-order valence-electron chi connectivity index (χ1n) is 9.51. The Morgan fingerprint density at radius 1 is 1.19 bits per heavy atom. The highest BCUT2D eigenvalue weighted by molar-refractivity contribution is 9.10. The summed E-state index contributed by atoms with van der Waals surface area (Å²) in [7, 11) is 1.89. The van der Waals surface area contributed by atoms with Gasteiger partial charge in [-0.05, 0) is 53.4 Å². The number of nitrogens with one attached hydrogen (secondary N) is 1. The summed E-state index contributed by atoms with van der Waals surface area (Å²) in [5, 5.41) is 8.81. The second-order valence-electron chi connectivity index (χ2n) is 7.27. The van der Waals surface area contributed by atoms with Crippen LogP contribution in [0.1, 0.15) is 37.3 Å². The van der Waals surface area contributed by atoms with E-state index in [9.17, 15) is 0 Å². The summed E-state index contributed by atoms with van der Waals surface area (Å²) in [4.78, 5) is 11.4. The van der Waals surface area contributed by atoms with Gasteiger partial charge in [-0.2, -0.15) is 5.10 Å². The van der Waals surface area contributed by atoms with E-state index in [-0.39, 0.29) is 0 Å². The molecule has 1 N–H and O–H groups in total. The molecule has 1 aliphatic rings. The molecule has 1 aliphatic heterocycles. The van der Waals surface area contributed by atoms with Crippen LogP contribution < -0.4 is 5.32 Å². The molecule has 1 atom stereocenters. The van der Waals surface area contributed by atoms with Gasteiger partial charge in [-0.1, -0.05) is 30.7 Å². The summed E-state index contributed by atoms with van der Waals surface area (Å²) in [5.74, 6) is 0.807. The van der Waals surface area contributed by atoms with Crippen LogP contribution in [0.25, 0.3) is 11.0 Å². The molecule has 3 heterocycles. The van der Waals surface area contributed by atoms with Crippen LogP contribution in [-0.4, -0.2) is 37.2 Å². The summed E-state index contributed by atoms with van der Waals surface area (Å²) >= 11 is 3.52. The van der Waals surface area contributed by atoms with Crippen LogP contribution >= 0.6 is 15.9 Å². The number of nitrogens with zero attached hydrogens (tertiary/aromatic N) is 5. The number of aromatic nitrogens is 4. The fourth-order valence-corrected chi connectivity index (χ4v) is 4.45. The number of halogens is 1. The number of piperidine rings is 1. The first-order valence-corrected chi connectivity index (χ1v) is 10.3. The lowest BCUT2D eigenvalue weighted by atomic mass is 10.0. The Bertz CT molecular complexity index is 937. The smallest absolute Gasteiger partial charge is 0.164 e. The van der Waals surface area contributed by atoms with E-state index in [1.807, 2.05) is 7.05 Å². The molecule has 142 valence electrons. The van der Waals surface area contributed by atoms with Gasteiger partial charge in [0.05, 0.1) is 5.39 Å². The lowest BCUT2D eigenvalue weighted by Gasteiger charge is -2.33. The molecule has 6 nitrogen and oxygen atoms in total. The monoisotopic (exact) mass is 428 g/mol. The van der Waals surface area contributed by atoms with E-state index >= 15 is 0 Å². The summed E-state index contributed by atoms with van der Waals surface area (Å²) in [5.41, 5.74) is 3.51. The highest BCUT2D eigenvalue weighted by Crippen LogP contribution is 2.27. The van der Waals surface area contributed by atoms with Crippen LogP contribution in [0.2, 0.25) is 0 Å². The summed E-state index contributed by atoms with van der Waals surface area (Å²) in [6, 6.07) is 9.35. The fraction of sp³-hybridized carbons (Fsp3) is 0.450. The number of hydrogen-bond donors (Lipinski definition) is 1. The average Bonchev–Trinajstić information content (AvgIpc) is 2.97. The molecule has 1 fully saturated rings. The third kappa shape index (κ3) is 3.84. The van der Waals surface area contributed by atoms with Gasteiger partial charge in [-0.15, -0.1) is 0 Å². The number of benzene rings is 1. The molecule has 1 aromatic carbocycles. The Morgan fingerprint density at radius 3 is 2.81 bits per heavy atom. The van der Waals surface area contributed by atoms with Crippen molar-refractivity contribution in [1.82, 2.24) is 24.6 Å². The van der Waals surface area contributed by atoms with Crippen molar-refractivity contribution < 1.29 is 0 Å². The van der Waals surface area contributed by atoms with E-state index < -0.39 is 0 Å². The molecule has 0 saturated carbocycles. The van der Waals surface area contributed by atoms with E-state index in [1.54, 1.807) is 11.0 Å². The Balaban J connectivity index is 1.54. The van der Waals surface area contributed by atoms with Crippen LogP contribution in [0.3, 0.4) is 0 Å². The number of aryl methyl sites for hydroxylation is 1. The number of likely N-dealkylation sites (tertiary alicyclic amines) is 1. The number of rotatable bonds is 5. The molecule has 1 saturated heterocycles. The molecule has 27 heavy (non-hydrogen) atoms. The third-order valence-electron chi connectivity index (χ3n) is 5.46. The maximum atomic E-state index is 4.44. The highest BCUT2D eigenvalue weighted by atomic mass is 79.9. The zero-order valence-electron chi connectivity index (χ0n) is 15.8. The molecule has 0 amide bonds. The topological polar surface area (TPSA) is 58.9 Å². The van der Waals surface area contributed by atoms with Gasteiger partial charge >= 0.3 is 0 Å². The molecule has 3 aromatic rings. The molecular formula is C20H25BrN6. The van der Waals surface area contributed by atoms with E-state index in [0.29, 0.717) is 6.04 Å². The van der Waals surface area contributed by atoms with E-state index in [1.165, 1.54) is 36.9 Å². The van der Waals surface area contributed by atoms with Crippen LogP contribution in [0.4, 0.5) is 5.82 Å². The van der Waals surface area contributed by atoms with Crippen molar-refractivity contribution in [3.63, 3.8) is 0 Å². The maximum Gasteiger partial charge on any atom is 0.164 e. The Kier molecular flexibility index (Phi) is 5.41. The van der Waals surface area contributed by atoms with Crippen LogP contribution in [0.5, 0.6) is 0 Å². The SMILES string of the molecule is CC1CCCCN1Cc1ccccc1CNc1ncnc2c1c(Br)nn2C. The quantitative estimate of drug-likeness (QED) is 0.662. The standard InChI is InChI=1S/C20H25BrN6/c1-14-7-5-6-10-27(14)12-16-9-4-3-8-15(16)11-22-19-17-18(21)25-26(2)20(17)24-13-23-19/h3-4,8-9,13-14H,5-7,10-12H2,1-2H3,(H,22,23,24). The number of anilines is 1. The Labute approximate surface area is 168 Å². The van der Waals surface area contributed by atoms with E-state index in [0.717, 1.165) is 34.5 Å². The maximum absolute atomic E-state index is 4.44. The van der Waals surface area contributed by atoms with E-state index in [4.69, 9.17) is 0 Å².